The van der Waals surface area contributed by atoms with E-state index in [0.717, 1.165) is 46.4 Å². The van der Waals surface area contributed by atoms with Crippen LogP contribution in [0, 0.1) is 0 Å². The molecule has 2 aliphatic rings. The summed E-state index contributed by atoms with van der Waals surface area (Å²) in [4.78, 5) is 39.5. The lowest BCUT2D eigenvalue weighted by molar-refractivity contribution is -0.129. The number of fused-ring (bicyclic) bond motifs is 1. The Morgan fingerprint density at radius 3 is 2.89 bits per heavy atom. The van der Waals surface area contributed by atoms with Gasteiger partial charge in [0, 0.05) is 4.88 Å². The lowest BCUT2D eigenvalue weighted by Gasteiger charge is -2.27. The van der Waals surface area contributed by atoms with Crippen LogP contribution in [0.2, 0.25) is 0 Å². The van der Waals surface area contributed by atoms with E-state index in [1.54, 1.807) is 6.08 Å². The summed E-state index contributed by atoms with van der Waals surface area (Å²) in [6.07, 6.45) is 4.58. The predicted molar refractivity (Wildman–Crippen MR) is 107 cm³/mol. The van der Waals surface area contributed by atoms with Crippen LogP contribution in [-0.2, 0) is 16.0 Å². The van der Waals surface area contributed by atoms with Crippen LogP contribution < -0.4 is 5.32 Å². The number of thioether (sulfide) groups is 1. The van der Waals surface area contributed by atoms with E-state index < -0.39 is 11.1 Å². The normalized spacial score (nSPS) is 20.8. The third-order valence-electron chi connectivity index (χ3n) is 4.70. The van der Waals surface area contributed by atoms with Gasteiger partial charge in [0.25, 0.3) is 11.1 Å². The number of benzene rings is 1. The van der Waals surface area contributed by atoms with Gasteiger partial charge in [-0.05, 0) is 59.7 Å². The second kappa shape index (κ2) is 7.70. The number of rotatable bonds is 4. The highest BCUT2D eigenvalue weighted by Gasteiger charge is 2.36. The monoisotopic (exact) mass is 398 g/mol. The Morgan fingerprint density at radius 1 is 1.22 bits per heavy atom. The molecule has 1 atom stereocenters. The van der Waals surface area contributed by atoms with Gasteiger partial charge in [-0.3, -0.25) is 19.3 Å². The third kappa shape index (κ3) is 3.84. The fourth-order valence-corrected chi connectivity index (χ4v) is 4.99. The average Bonchev–Trinajstić information content (AvgIpc) is 3.26. The Kier molecular flexibility index (Phi) is 5.13. The Morgan fingerprint density at radius 2 is 2.07 bits per heavy atom. The number of nitrogens with one attached hydrogen (secondary N) is 1. The molecule has 0 spiro atoms. The summed E-state index contributed by atoms with van der Waals surface area (Å²) in [5.41, 5.74) is 2.38. The van der Waals surface area contributed by atoms with Crippen molar-refractivity contribution in [2.45, 2.75) is 25.3 Å². The number of thiophene rings is 1. The minimum absolute atomic E-state index is 0.0657. The third-order valence-corrected chi connectivity index (χ3v) is 6.42. The molecule has 1 aliphatic heterocycles. The van der Waals surface area contributed by atoms with Crippen LogP contribution in [0.5, 0.6) is 0 Å². The van der Waals surface area contributed by atoms with Crippen molar-refractivity contribution in [1.29, 1.82) is 0 Å². The summed E-state index contributed by atoms with van der Waals surface area (Å²) < 4.78 is 0. The second-order valence-corrected chi connectivity index (χ2v) is 8.47. The number of aryl methyl sites for hydroxylation is 1. The summed E-state index contributed by atoms with van der Waals surface area (Å²) in [7, 11) is 0. The molecule has 7 heteroatoms. The molecule has 1 aromatic carbocycles. The molecule has 0 bridgehead atoms. The average molecular weight is 399 g/mol. The highest BCUT2D eigenvalue weighted by Crippen LogP contribution is 2.33. The molecule has 1 N–H and O–H groups in total. The first-order chi connectivity index (χ1) is 13.1. The van der Waals surface area contributed by atoms with Gasteiger partial charge in [0.05, 0.1) is 10.9 Å². The first-order valence-electron chi connectivity index (χ1n) is 8.78. The van der Waals surface area contributed by atoms with Crippen LogP contribution in [0.3, 0.4) is 0 Å². The smallest absolute Gasteiger partial charge is 0.294 e. The highest BCUT2D eigenvalue weighted by molar-refractivity contribution is 8.18. The Labute approximate surface area is 165 Å². The van der Waals surface area contributed by atoms with Crippen molar-refractivity contribution in [3.63, 3.8) is 0 Å². The topological polar surface area (TPSA) is 66.5 Å². The van der Waals surface area contributed by atoms with Crippen LogP contribution in [0.15, 0.2) is 46.7 Å². The van der Waals surface area contributed by atoms with Crippen molar-refractivity contribution in [3.05, 3.63) is 62.7 Å². The molecule has 3 amide bonds. The van der Waals surface area contributed by atoms with E-state index in [1.165, 1.54) is 16.9 Å². The van der Waals surface area contributed by atoms with E-state index in [2.05, 4.69) is 11.4 Å². The molecular weight excluding hydrogens is 380 g/mol. The first kappa shape index (κ1) is 18.0. The maximum absolute atomic E-state index is 12.5. The molecule has 0 saturated carbocycles. The van der Waals surface area contributed by atoms with Crippen LogP contribution in [0.1, 0.15) is 34.9 Å². The van der Waals surface area contributed by atoms with Gasteiger partial charge >= 0.3 is 0 Å². The number of hydrogen-bond donors (Lipinski definition) is 1. The zero-order valence-electron chi connectivity index (χ0n) is 14.5. The van der Waals surface area contributed by atoms with Gasteiger partial charge in [-0.15, -0.1) is 11.3 Å². The fourth-order valence-electron chi connectivity index (χ4n) is 3.43. The lowest BCUT2D eigenvalue weighted by Crippen LogP contribution is -2.41. The first-order valence-corrected chi connectivity index (χ1v) is 10.5. The van der Waals surface area contributed by atoms with E-state index in [1.807, 2.05) is 35.7 Å². The zero-order valence-corrected chi connectivity index (χ0v) is 16.1. The van der Waals surface area contributed by atoms with Crippen molar-refractivity contribution in [3.8, 4) is 0 Å². The molecule has 0 radical (unpaired) electrons. The molecule has 2 aromatic rings. The van der Waals surface area contributed by atoms with Gasteiger partial charge < -0.3 is 5.32 Å². The Balaban J connectivity index is 1.43. The molecule has 0 unspecified atom stereocenters. The van der Waals surface area contributed by atoms with Crippen molar-refractivity contribution in [1.82, 2.24) is 10.2 Å². The van der Waals surface area contributed by atoms with Gasteiger partial charge in [-0.2, -0.15) is 0 Å². The maximum Gasteiger partial charge on any atom is 0.294 e. The van der Waals surface area contributed by atoms with E-state index in [4.69, 9.17) is 0 Å². The number of carbonyl (C=O) groups excluding carboxylic acids is 3. The van der Waals surface area contributed by atoms with Crippen LogP contribution in [0.4, 0.5) is 4.79 Å². The number of carbonyl (C=O) groups is 3. The van der Waals surface area contributed by atoms with E-state index in [9.17, 15) is 14.4 Å². The molecule has 27 heavy (non-hydrogen) atoms. The van der Waals surface area contributed by atoms with Crippen molar-refractivity contribution in [2.24, 2.45) is 0 Å². The second-order valence-electron chi connectivity index (χ2n) is 6.49. The van der Waals surface area contributed by atoms with Gasteiger partial charge in [-0.25, -0.2) is 0 Å². The number of imide groups is 1. The van der Waals surface area contributed by atoms with Gasteiger partial charge in [-0.1, -0.05) is 30.3 Å². The molecule has 138 valence electrons. The maximum atomic E-state index is 12.5. The molecule has 4 rings (SSSR count). The summed E-state index contributed by atoms with van der Waals surface area (Å²) >= 11 is 2.38. The molecule has 2 heterocycles. The standard InChI is InChI=1S/C20H18N2O3S2/c23-18(21-16-9-3-6-13-5-1-2-8-15(13)16)12-22-19(24)17(27-20(22)25)11-14-7-4-10-26-14/h1-2,4-5,7-8,10-11,16H,3,6,9,12H2,(H,21,23)/b17-11-/t16-/m0/s1. The molecule has 1 fully saturated rings. The number of nitrogens with zero attached hydrogens (tertiary/aromatic N) is 1. The number of amides is 3. The molecule has 1 aliphatic carbocycles. The van der Waals surface area contributed by atoms with Gasteiger partial charge in [0.15, 0.2) is 0 Å². The summed E-state index contributed by atoms with van der Waals surface area (Å²) in [5, 5.41) is 4.50. The van der Waals surface area contributed by atoms with Crippen molar-refractivity contribution >= 4 is 46.2 Å². The highest BCUT2D eigenvalue weighted by atomic mass is 32.2. The number of hydrogen-bond acceptors (Lipinski definition) is 5. The minimum atomic E-state index is -0.405. The molecular formula is C20H18N2O3S2. The minimum Gasteiger partial charge on any atom is -0.348 e. The zero-order chi connectivity index (χ0) is 18.8. The molecule has 1 aromatic heterocycles. The van der Waals surface area contributed by atoms with Crippen LogP contribution in [-0.4, -0.2) is 28.5 Å². The lowest BCUT2D eigenvalue weighted by atomic mass is 9.88. The van der Waals surface area contributed by atoms with E-state index in [0.29, 0.717) is 4.91 Å². The Bertz CT molecular complexity index is 921. The van der Waals surface area contributed by atoms with E-state index >= 15 is 0 Å². The van der Waals surface area contributed by atoms with E-state index in [-0.39, 0.29) is 18.5 Å². The summed E-state index contributed by atoms with van der Waals surface area (Å²) in [6, 6.07) is 11.8. The molecule has 1 saturated heterocycles. The van der Waals surface area contributed by atoms with Crippen molar-refractivity contribution < 1.29 is 14.4 Å². The SMILES string of the molecule is O=C(CN1C(=O)S/C(=C\c2cccs2)C1=O)N[C@H]1CCCc2ccccc21. The van der Waals surface area contributed by atoms with Crippen LogP contribution >= 0.6 is 23.1 Å². The molecule has 5 nitrogen and oxygen atoms in total. The summed E-state index contributed by atoms with van der Waals surface area (Å²) in [5.74, 6) is -0.714. The van der Waals surface area contributed by atoms with Crippen LogP contribution in [0.25, 0.3) is 6.08 Å². The largest absolute Gasteiger partial charge is 0.348 e. The predicted octanol–water partition coefficient (Wildman–Crippen LogP) is 3.98. The van der Waals surface area contributed by atoms with Gasteiger partial charge in [0.1, 0.15) is 6.54 Å². The summed E-state index contributed by atoms with van der Waals surface area (Å²) in [6.45, 7) is -0.245. The fraction of sp³-hybridized carbons (Fsp3) is 0.250. The van der Waals surface area contributed by atoms with Gasteiger partial charge in [0.2, 0.25) is 5.91 Å². The Hall–Kier alpha value is -2.38. The quantitative estimate of drug-likeness (QED) is 0.791. The van der Waals surface area contributed by atoms with Crippen molar-refractivity contribution in [2.75, 3.05) is 6.54 Å².